The zero-order valence-corrected chi connectivity index (χ0v) is 15.0. The van der Waals surface area contributed by atoms with E-state index in [-0.39, 0.29) is 4.90 Å². The lowest BCUT2D eigenvalue weighted by Crippen LogP contribution is -2.38. The van der Waals surface area contributed by atoms with Gasteiger partial charge in [-0.2, -0.15) is 4.31 Å². The molecular weight excluding hydrogens is 356 g/mol. The third kappa shape index (κ3) is 3.88. The van der Waals surface area contributed by atoms with Crippen LogP contribution in [0.5, 0.6) is 0 Å². The van der Waals surface area contributed by atoms with Gasteiger partial charge in [0.15, 0.2) is 4.67 Å². The van der Waals surface area contributed by atoms with Gasteiger partial charge in [0.25, 0.3) is 0 Å². The summed E-state index contributed by atoms with van der Waals surface area (Å²) in [7, 11) is -1.67. The number of furan rings is 1. The van der Waals surface area contributed by atoms with E-state index in [4.69, 9.17) is 4.42 Å². The highest BCUT2D eigenvalue weighted by atomic mass is 79.9. The van der Waals surface area contributed by atoms with Crippen molar-refractivity contribution in [2.45, 2.75) is 44.0 Å². The van der Waals surface area contributed by atoms with Crippen LogP contribution in [-0.4, -0.2) is 32.9 Å². The van der Waals surface area contributed by atoms with E-state index in [1.54, 1.807) is 17.4 Å². The van der Waals surface area contributed by atoms with E-state index < -0.39 is 10.0 Å². The summed E-state index contributed by atoms with van der Waals surface area (Å²) in [6.45, 7) is 3.89. The van der Waals surface area contributed by atoms with Gasteiger partial charge >= 0.3 is 0 Å². The first-order valence-corrected chi connectivity index (χ1v) is 9.65. The number of hydrogen-bond donors (Lipinski definition) is 1. The molecule has 0 aliphatic carbocycles. The molecule has 120 valence electrons. The predicted octanol–water partition coefficient (Wildman–Crippen LogP) is 2.96. The fourth-order valence-corrected chi connectivity index (χ4v) is 5.25. The van der Waals surface area contributed by atoms with Gasteiger partial charge < -0.3 is 9.73 Å². The second-order valence-corrected chi connectivity index (χ2v) is 8.14. The van der Waals surface area contributed by atoms with Crippen LogP contribution in [0.2, 0.25) is 0 Å². The average Bonchev–Trinajstić information content (AvgIpc) is 2.82. The largest absolute Gasteiger partial charge is 0.452 e. The minimum absolute atomic E-state index is 0.238. The Hall–Kier alpha value is -0.370. The van der Waals surface area contributed by atoms with Crippen LogP contribution in [0.4, 0.5) is 0 Å². The van der Waals surface area contributed by atoms with E-state index in [0.29, 0.717) is 36.0 Å². The van der Waals surface area contributed by atoms with Gasteiger partial charge in [0.1, 0.15) is 10.7 Å². The predicted molar refractivity (Wildman–Crippen MR) is 85.6 cm³/mol. The van der Waals surface area contributed by atoms with Crippen LogP contribution < -0.4 is 5.32 Å². The maximum atomic E-state index is 12.7. The normalized spacial score (nSPS) is 18.2. The lowest BCUT2D eigenvalue weighted by molar-refractivity contribution is 0.262. The number of nitrogens with zero attached hydrogens (tertiary/aromatic N) is 1. The summed E-state index contributed by atoms with van der Waals surface area (Å²) >= 11 is 3.23. The zero-order valence-electron chi connectivity index (χ0n) is 12.6. The average molecular weight is 379 g/mol. The van der Waals surface area contributed by atoms with Gasteiger partial charge in [-0.15, -0.1) is 0 Å². The molecule has 1 aliphatic heterocycles. The van der Waals surface area contributed by atoms with Crippen molar-refractivity contribution in [2.75, 3.05) is 20.1 Å². The minimum atomic E-state index is -3.46. The first-order chi connectivity index (χ1) is 9.98. The molecule has 1 aromatic rings. The van der Waals surface area contributed by atoms with Gasteiger partial charge in [-0.1, -0.05) is 19.8 Å². The smallest absolute Gasteiger partial charge is 0.247 e. The van der Waals surface area contributed by atoms with Gasteiger partial charge in [0, 0.05) is 19.2 Å². The number of hydrogen-bond acceptors (Lipinski definition) is 4. The second-order valence-electron chi connectivity index (χ2n) is 5.52. The molecule has 1 N–H and O–H groups in total. The molecule has 0 aromatic carbocycles. The Morgan fingerprint density at radius 1 is 1.43 bits per heavy atom. The van der Waals surface area contributed by atoms with Crippen LogP contribution in [0.3, 0.4) is 0 Å². The molecule has 0 spiro atoms. The summed E-state index contributed by atoms with van der Waals surface area (Å²) in [5.74, 6) is 1.28. The summed E-state index contributed by atoms with van der Waals surface area (Å²) in [5, 5.41) is 2.95. The molecule has 1 saturated heterocycles. The van der Waals surface area contributed by atoms with Crippen molar-refractivity contribution < 1.29 is 12.8 Å². The van der Waals surface area contributed by atoms with Crippen molar-refractivity contribution in [1.82, 2.24) is 9.62 Å². The van der Waals surface area contributed by atoms with Crippen molar-refractivity contribution >= 4 is 26.0 Å². The molecule has 5 nitrogen and oxygen atoms in total. The molecule has 0 bridgehead atoms. The van der Waals surface area contributed by atoms with Crippen molar-refractivity contribution in [1.29, 1.82) is 0 Å². The van der Waals surface area contributed by atoms with Gasteiger partial charge in [-0.3, -0.25) is 0 Å². The van der Waals surface area contributed by atoms with Crippen LogP contribution in [-0.2, 0) is 16.6 Å². The third-order valence-electron chi connectivity index (χ3n) is 3.95. The molecule has 2 rings (SSSR count). The Bertz CT molecular complexity index is 563. The quantitative estimate of drug-likeness (QED) is 0.826. The summed E-state index contributed by atoms with van der Waals surface area (Å²) in [6.07, 6.45) is 4.26. The highest BCUT2D eigenvalue weighted by Crippen LogP contribution is 2.31. The number of halogens is 1. The minimum Gasteiger partial charge on any atom is -0.452 e. The molecule has 2 heterocycles. The van der Waals surface area contributed by atoms with Crippen LogP contribution in [0.1, 0.15) is 38.4 Å². The first kappa shape index (κ1) is 17.0. The Kier molecular flexibility index (Phi) is 5.88. The maximum absolute atomic E-state index is 12.7. The van der Waals surface area contributed by atoms with Gasteiger partial charge in [0.2, 0.25) is 10.0 Å². The van der Waals surface area contributed by atoms with Crippen molar-refractivity contribution in [2.24, 2.45) is 5.92 Å². The fraction of sp³-hybridized carbons (Fsp3) is 0.714. The SMILES string of the molecule is CCCC1CCN(S(=O)(=O)c2cc(CNC)oc2Br)CC1. The molecule has 21 heavy (non-hydrogen) atoms. The van der Waals surface area contributed by atoms with Crippen LogP contribution in [0.25, 0.3) is 0 Å². The molecule has 7 heteroatoms. The number of nitrogens with one attached hydrogen (secondary N) is 1. The standard InChI is InChI=1S/C14H23BrN2O3S/c1-3-4-11-5-7-17(8-6-11)21(18,19)13-9-12(10-16-2)20-14(13)15/h9,11,16H,3-8,10H2,1-2H3. The lowest BCUT2D eigenvalue weighted by Gasteiger charge is -2.30. The van der Waals surface area contributed by atoms with E-state index in [0.717, 1.165) is 19.3 Å². The monoisotopic (exact) mass is 378 g/mol. The summed E-state index contributed by atoms with van der Waals surface area (Å²) in [4.78, 5) is 0.238. The molecule has 0 unspecified atom stereocenters. The van der Waals surface area contributed by atoms with Crippen LogP contribution in [0, 0.1) is 5.92 Å². The first-order valence-electron chi connectivity index (χ1n) is 7.42. The highest BCUT2D eigenvalue weighted by Gasteiger charge is 2.32. The van der Waals surface area contributed by atoms with Crippen molar-refractivity contribution in [3.05, 3.63) is 16.5 Å². The van der Waals surface area contributed by atoms with Gasteiger partial charge in [0.05, 0.1) is 6.54 Å². The molecule has 0 atom stereocenters. The van der Waals surface area contributed by atoms with Crippen molar-refractivity contribution in [3.63, 3.8) is 0 Å². The summed E-state index contributed by atoms with van der Waals surface area (Å²) < 4.78 is 32.7. The summed E-state index contributed by atoms with van der Waals surface area (Å²) in [6, 6.07) is 1.61. The maximum Gasteiger partial charge on any atom is 0.247 e. The Balaban J connectivity index is 2.12. The van der Waals surface area contributed by atoms with E-state index in [1.807, 2.05) is 0 Å². The van der Waals surface area contributed by atoms with E-state index in [9.17, 15) is 8.42 Å². The molecule has 0 saturated carbocycles. The molecule has 0 radical (unpaired) electrons. The van der Waals surface area contributed by atoms with E-state index in [1.165, 1.54) is 6.42 Å². The van der Waals surface area contributed by atoms with Gasteiger partial charge in [-0.25, -0.2) is 8.42 Å². The Morgan fingerprint density at radius 3 is 2.67 bits per heavy atom. The zero-order chi connectivity index (χ0) is 15.5. The third-order valence-corrected chi connectivity index (χ3v) is 6.70. The number of sulfonamides is 1. The van der Waals surface area contributed by atoms with Gasteiger partial charge in [-0.05, 0) is 41.7 Å². The number of rotatable bonds is 6. The molecule has 1 fully saturated rings. The van der Waals surface area contributed by atoms with Crippen molar-refractivity contribution in [3.8, 4) is 0 Å². The molecule has 1 aromatic heterocycles. The second kappa shape index (κ2) is 7.26. The Morgan fingerprint density at radius 2 is 2.10 bits per heavy atom. The molecule has 0 amide bonds. The highest BCUT2D eigenvalue weighted by molar-refractivity contribution is 9.10. The topological polar surface area (TPSA) is 62.6 Å². The van der Waals surface area contributed by atoms with E-state index in [2.05, 4.69) is 28.2 Å². The Labute approximate surface area is 135 Å². The van der Waals surface area contributed by atoms with E-state index >= 15 is 0 Å². The molecule has 1 aliphatic rings. The number of piperidine rings is 1. The van der Waals surface area contributed by atoms with Crippen LogP contribution in [0.15, 0.2) is 20.0 Å². The van der Waals surface area contributed by atoms with Crippen LogP contribution >= 0.6 is 15.9 Å². The fourth-order valence-electron chi connectivity index (χ4n) is 2.82. The lowest BCUT2D eigenvalue weighted by atomic mass is 9.94. The summed E-state index contributed by atoms with van der Waals surface area (Å²) in [5.41, 5.74) is 0. The molecular formula is C14H23BrN2O3S.